The van der Waals surface area contributed by atoms with Crippen molar-refractivity contribution in [3.63, 3.8) is 0 Å². The zero-order valence-corrected chi connectivity index (χ0v) is 17.1. The molecule has 0 fully saturated rings. The Hall–Kier alpha value is -2.84. The second kappa shape index (κ2) is 9.38. The number of aryl methyl sites for hydroxylation is 2. The number of nitrogens with one attached hydrogen (secondary N) is 3. The highest BCUT2D eigenvalue weighted by Crippen LogP contribution is 2.22. The van der Waals surface area contributed by atoms with Crippen LogP contribution in [0, 0.1) is 13.8 Å². The van der Waals surface area contributed by atoms with E-state index in [0.717, 1.165) is 16.3 Å². The van der Waals surface area contributed by atoms with E-state index in [4.69, 9.17) is 16.7 Å². The van der Waals surface area contributed by atoms with Gasteiger partial charge in [-0.25, -0.2) is 0 Å². The number of rotatable bonds is 6. The van der Waals surface area contributed by atoms with Crippen LogP contribution in [0.4, 0.5) is 17.2 Å². The molecule has 0 unspecified atom stereocenters. The number of carbonyl (C=O) groups is 1. The summed E-state index contributed by atoms with van der Waals surface area (Å²) in [6.45, 7) is 3.81. The third kappa shape index (κ3) is 6.11. The van der Waals surface area contributed by atoms with E-state index in [-0.39, 0.29) is 11.7 Å². The topological polar surface area (TPSA) is 79.2 Å². The first kappa shape index (κ1) is 19.9. The maximum atomic E-state index is 12.0. The fourth-order valence-electron chi connectivity index (χ4n) is 2.35. The van der Waals surface area contributed by atoms with E-state index in [1.54, 1.807) is 13.0 Å². The van der Waals surface area contributed by atoms with E-state index < -0.39 is 0 Å². The minimum absolute atomic E-state index is 0.145. The van der Waals surface area contributed by atoms with E-state index in [2.05, 4.69) is 21.1 Å². The Labute approximate surface area is 173 Å². The van der Waals surface area contributed by atoms with E-state index in [1.807, 2.05) is 55.5 Å². The normalized spacial score (nSPS) is 10.4. The summed E-state index contributed by atoms with van der Waals surface area (Å²) in [6.07, 6.45) is 0. The van der Waals surface area contributed by atoms with Crippen LogP contribution >= 0.6 is 24.0 Å². The molecule has 3 N–H and O–H groups in total. The SMILES string of the molecule is Cc1ccc(NC(=S)Nc2cccc(SCC(=O)Nc3cc(C)on3)c2)cc1. The summed E-state index contributed by atoms with van der Waals surface area (Å²) < 4.78 is 4.93. The Bertz CT molecular complexity index is 970. The molecular formula is C20H20N4O2S2. The Morgan fingerprint density at radius 1 is 1.04 bits per heavy atom. The maximum Gasteiger partial charge on any atom is 0.235 e. The van der Waals surface area contributed by atoms with Gasteiger partial charge in [-0.2, -0.15) is 0 Å². The minimum atomic E-state index is -0.145. The van der Waals surface area contributed by atoms with Gasteiger partial charge >= 0.3 is 0 Å². The Balaban J connectivity index is 1.51. The van der Waals surface area contributed by atoms with E-state index in [9.17, 15) is 4.79 Å². The third-order valence-electron chi connectivity index (χ3n) is 3.67. The van der Waals surface area contributed by atoms with Crippen LogP contribution in [0.1, 0.15) is 11.3 Å². The molecule has 0 saturated carbocycles. The molecule has 3 aromatic rings. The van der Waals surface area contributed by atoms with Gasteiger partial charge in [0, 0.05) is 22.3 Å². The minimum Gasteiger partial charge on any atom is -0.360 e. The molecule has 0 bridgehead atoms. The lowest BCUT2D eigenvalue weighted by Gasteiger charge is -2.11. The Morgan fingerprint density at radius 3 is 2.50 bits per heavy atom. The first-order valence-corrected chi connectivity index (χ1v) is 9.98. The van der Waals surface area contributed by atoms with Gasteiger partial charge in [0.05, 0.1) is 5.75 Å². The smallest absolute Gasteiger partial charge is 0.235 e. The van der Waals surface area contributed by atoms with Gasteiger partial charge in [-0.1, -0.05) is 28.9 Å². The zero-order valence-electron chi connectivity index (χ0n) is 15.5. The van der Waals surface area contributed by atoms with Crippen molar-refractivity contribution < 1.29 is 9.32 Å². The maximum absolute atomic E-state index is 12.0. The average Bonchev–Trinajstić information content (AvgIpc) is 3.07. The number of anilines is 3. The summed E-state index contributed by atoms with van der Waals surface area (Å²) in [7, 11) is 0. The molecule has 0 saturated heterocycles. The van der Waals surface area contributed by atoms with Crippen LogP contribution in [0.25, 0.3) is 0 Å². The highest BCUT2D eigenvalue weighted by Gasteiger charge is 2.07. The van der Waals surface area contributed by atoms with Gasteiger partial charge in [0.1, 0.15) is 5.76 Å². The number of nitrogens with zero attached hydrogens (tertiary/aromatic N) is 1. The van der Waals surface area contributed by atoms with Crippen molar-refractivity contribution in [2.45, 2.75) is 18.7 Å². The van der Waals surface area contributed by atoms with Crippen LogP contribution in [-0.2, 0) is 4.79 Å². The molecule has 6 nitrogen and oxygen atoms in total. The highest BCUT2D eigenvalue weighted by molar-refractivity contribution is 8.00. The predicted octanol–water partition coefficient (Wildman–Crippen LogP) is 4.83. The van der Waals surface area contributed by atoms with Crippen molar-refractivity contribution in [1.82, 2.24) is 5.16 Å². The van der Waals surface area contributed by atoms with Crippen LogP contribution in [-0.4, -0.2) is 21.9 Å². The molecule has 0 radical (unpaired) electrons. The summed E-state index contributed by atoms with van der Waals surface area (Å²) in [5, 5.41) is 13.3. The molecule has 144 valence electrons. The first-order chi connectivity index (χ1) is 13.5. The summed E-state index contributed by atoms with van der Waals surface area (Å²) in [4.78, 5) is 13.0. The van der Waals surface area contributed by atoms with Gasteiger partial charge in [-0.15, -0.1) is 11.8 Å². The fourth-order valence-corrected chi connectivity index (χ4v) is 3.34. The summed E-state index contributed by atoms with van der Waals surface area (Å²) in [5.41, 5.74) is 2.97. The van der Waals surface area contributed by atoms with Gasteiger partial charge in [-0.05, 0) is 56.4 Å². The molecule has 1 aromatic heterocycles. The predicted molar refractivity (Wildman–Crippen MR) is 118 cm³/mol. The van der Waals surface area contributed by atoms with Crippen LogP contribution in [0.5, 0.6) is 0 Å². The molecule has 8 heteroatoms. The largest absolute Gasteiger partial charge is 0.360 e. The quantitative estimate of drug-likeness (QED) is 0.395. The van der Waals surface area contributed by atoms with E-state index >= 15 is 0 Å². The summed E-state index contributed by atoms with van der Waals surface area (Å²) >= 11 is 6.79. The molecule has 0 aliphatic heterocycles. The zero-order chi connectivity index (χ0) is 19.9. The molecule has 0 spiro atoms. The van der Waals surface area contributed by atoms with Crippen LogP contribution in [0.15, 0.2) is 64.0 Å². The van der Waals surface area contributed by atoms with E-state index in [0.29, 0.717) is 16.7 Å². The van der Waals surface area contributed by atoms with E-state index in [1.165, 1.54) is 17.3 Å². The number of thioether (sulfide) groups is 1. The molecule has 28 heavy (non-hydrogen) atoms. The number of aromatic nitrogens is 1. The standard InChI is InChI=1S/C20H20N4O2S2/c1-13-6-8-15(9-7-13)21-20(27)22-16-4-3-5-17(11-16)28-12-19(25)23-18-10-14(2)26-24-18/h3-11H,12H2,1-2H3,(H2,21,22,27)(H,23,24,25). The van der Waals surface area contributed by atoms with Crippen molar-refractivity contribution in [2.75, 3.05) is 21.7 Å². The number of benzene rings is 2. The first-order valence-electron chi connectivity index (χ1n) is 8.58. The van der Waals surface area contributed by atoms with Crippen molar-refractivity contribution in [2.24, 2.45) is 0 Å². The molecule has 2 aromatic carbocycles. The average molecular weight is 413 g/mol. The van der Waals surface area contributed by atoms with Crippen molar-refractivity contribution in [3.05, 3.63) is 65.9 Å². The monoisotopic (exact) mass is 412 g/mol. The second-order valence-electron chi connectivity index (χ2n) is 6.13. The van der Waals surface area contributed by atoms with Gasteiger partial charge in [-0.3, -0.25) is 4.79 Å². The van der Waals surface area contributed by atoms with Crippen LogP contribution < -0.4 is 16.0 Å². The number of hydrogen-bond acceptors (Lipinski definition) is 5. The van der Waals surface area contributed by atoms with Crippen molar-refractivity contribution in [1.29, 1.82) is 0 Å². The highest BCUT2D eigenvalue weighted by atomic mass is 32.2. The number of hydrogen-bond donors (Lipinski definition) is 3. The number of carbonyl (C=O) groups excluding carboxylic acids is 1. The Morgan fingerprint density at radius 2 is 1.79 bits per heavy atom. The summed E-state index contributed by atoms with van der Waals surface area (Å²) in [6, 6.07) is 17.4. The lowest BCUT2D eigenvalue weighted by Crippen LogP contribution is -2.19. The van der Waals surface area contributed by atoms with Crippen molar-refractivity contribution >= 4 is 52.2 Å². The molecule has 0 aliphatic rings. The van der Waals surface area contributed by atoms with Crippen LogP contribution in [0.2, 0.25) is 0 Å². The molecule has 3 rings (SSSR count). The number of thiocarbonyl (C=S) groups is 1. The van der Waals surface area contributed by atoms with Gasteiger partial charge in [0.15, 0.2) is 10.9 Å². The fraction of sp³-hybridized carbons (Fsp3) is 0.150. The third-order valence-corrected chi connectivity index (χ3v) is 4.86. The van der Waals surface area contributed by atoms with Gasteiger partial charge < -0.3 is 20.5 Å². The lowest BCUT2D eigenvalue weighted by molar-refractivity contribution is -0.113. The molecule has 1 amide bonds. The van der Waals surface area contributed by atoms with Crippen LogP contribution in [0.3, 0.4) is 0 Å². The van der Waals surface area contributed by atoms with Crippen molar-refractivity contribution in [3.8, 4) is 0 Å². The summed E-state index contributed by atoms with van der Waals surface area (Å²) in [5.74, 6) is 1.19. The molecule has 1 heterocycles. The molecule has 0 aliphatic carbocycles. The van der Waals surface area contributed by atoms with Gasteiger partial charge in [0.25, 0.3) is 0 Å². The molecule has 0 atom stereocenters. The number of amides is 1. The van der Waals surface area contributed by atoms with Gasteiger partial charge in [0.2, 0.25) is 5.91 Å². The molecular weight excluding hydrogens is 392 g/mol. The second-order valence-corrected chi connectivity index (χ2v) is 7.59. The Kier molecular flexibility index (Phi) is 6.67. The lowest BCUT2D eigenvalue weighted by atomic mass is 10.2.